The lowest BCUT2D eigenvalue weighted by Crippen LogP contribution is -2.41. The first-order valence-corrected chi connectivity index (χ1v) is 13.2. The van der Waals surface area contributed by atoms with E-state index in [1.807, 2.05) is 0 Å². The fraction of sp³-hybridized carbons (Fsp3) is 0.500. The van der Waals surface area contributed by atoms with Crippen LogP contribution < -0.4 is 10.2 Å². The SMILES string of the molecule is CS(=O)(=O)OCCN(CCOS(C)(=O)=O)c1ccc(C(=O)NC(CCC(=O)O)C(=O)O)cc1F. The molecule has 0 fully saturated rings. The Hall–Kier alpha value is -2.82. The Labute approximate surface area is 195 Å². The average molecular weight is 529 g/mol. The molecule has 16 heteroatoms. The van der Waals surface area contributed by atoms with Crippen molar-refractivity contribution < 1.29 is 54.2 Å². The van der Waals surface area contributed by atoms with Crippen LogP contribution in [-0.4, -0.2) is 89.8 Å². The first-order chi connectivity index (χ1) is 15.6. The summed E-state index contributed by atoms with van der Waals surface area (Å²) in [5, 5.41) is 19.9. The number of rotatable bonds is 15. The lowest BCUT2D eigenvalue weighted by Gasteiger charge is -2.25. The molecule has 192 valence electrons. The zero-order chi connectivity index (χ0) is 26.1. The van der Waals surface area contributed by atoms with Gasteiger partial charge in [0.05, 0.1) is 31.4 Å². The number of nitrogens with one attached hydrogen (secondary N) is 1. The standard InChI is InChI=1S/C18H25FN2O11S2/c1-33(27,28)31-9-7-21(8-10-32-34(2,29)30)15-5-3-12(11-13(15)19)17(24)20-14(18(25)26)4-6-16(22)23/h3,5,11,14H,4,6-10H2,1-2H3,(H,20,24)(H,22,23)(H,25,26). The van der Waals surface area contributed by atoms with Crippen molar-refractivity contribution in [2.45, 2.75) is 18.9 Å². The minimum Gasteiger partial charge on any atom is -0.481 e. The van der Waals surface area contributed by atoms with Gasteiger partial charge in [0.2, 0.25) is 0 Å². The molecule has 0 aliphatic heterocycles. The summed E-state index contributed by atoms with van der Waals surface area (Å²) in [6.07, 6.45) is 0.744. The number of aliphatic carboxylic acids is 2. The van der Waals surface area contributed by atoms with Crippen molar-refractivity contribution in [3.8, 4) is 0 Å². The number of carbonyl (C=O) groups is 3. The normalized spacial score (nSPS) is 12.7. The van der Waals surface area contributed by atoms with Crippen LogP contribution >= 0.6 is 0 Å². The highest BCUT2D eigenvalue weighted by atomic mass is 32.2. The van der Waals surface area contributed by atoms with Crippen molar-refractivity contribution in [3.63, 3.8) is 0 Å². The summed E-state index contributed by atoms with van der Waals surface area (Å²) in [6.45, 7) is -1.13. The van der Waals surface area contributed by atoms with Crippen molar-refractivity contribution >= 4 is 43.8 Å². The number of anilines is 1. The molecule has 34 heavy (non-hydrogen) atoms. The molecule has 0 saturated heterocycles. The van der Waals surface area contributed by atoms with Crippen LogP contribution in [0.4, 0.5) is 10.1 Å². The molecule has 1 atom stereocenters. The third-order valence-corrected chi connectivity index (χ3v) is 5.31. The Bertz CT molecular complexity index is 1070. The number of hydrogen-bond acceptors (Lipinski definition) is 10. The molecular formula is C18H25FN2O11S2. The molecule has 0 aromatic heterocycles. The predicted octanol–water partition coefficient (Wildman–Crippen LogP) is -0.368. The van der Waals surface area contributed by atoms with Gasteiger partial charge in [-0.05, 0) is 24.6 Å². The number of carboxylic acid groups (broad SMARTS) is 2. The molecule has 0 heterocycles. The maximum Gasteiger partial charge on any atom is 0.326 e. The van der Waals surface area contributed by atoms with Crippen LogP contribution in [0.25, 0.3) is 0 Å². The van der Waals surface area contributed by atoms with E-state index in [9.17, 15) is 35.6 Å². The molecule has 1 unspecified atom stereocenters. The van der Waals surface area contributed by atoms with E-state index in [1.54, 1.807) is 0 Å². The van der Waals surface area contributed by atoms with Gasteiger partial charge in [-0.1, -0.05) is 0 Å². The monoisotopic (exact) mass is 528 g/mol. The van der Waals surface area contributed by atoms with E-state index in [-0.39, 0.29) is 44.0 Å². The number of benzene rings is 1. The lowest BCUT2D eigenvalue weighted by molar-refractivity contribution is -0.140. The highest BCUT2D eigenvalue weighted by molar-refractivity contribution is 7.86. The van der Waals surface area contributed by atoms with Gasteiger partial charge in [-0.3, -0.25) is 18.0 Å². The Morgan fingerprint density at radius 1 is 1.03 bits per heavy atom. The van der Waals surface area contributed by atoms with Crippen LogP contribution in [0.15, 0.2) is 18.2 Å². The minimum absolute atomic E-state index is 0.133. The number of carbonyl (C=O) groups excluding carboxylic acids is 1. The summed E-state index contributed by atoms with van der Waals surface area (Å²) in [6, 6.07) is 1.59. The average Bonchev–Trinajstić information content (AvgIpc) is 2.67. The predicted molar refractivity (Wildman–Crippen MR) is 116 cm³/mol. The summed E-state index contributed by atoms with van der Waals surface area (Å²) < 4.78 is 68.7. The molecule has 1 aromatic carbocycles. The van der Waals surface area contributed by atoms with E-state index in [0.29, 0.717) is 0 Å². The van der Waals surface area contributed by atoms with Crippen molar-refractivity contribution in [2.24, 2.45) is 0 Å². The molecule has 1 rings (SSSR count). The van der Waals surface area contributed by atoms with Gasteiger partial charge in [0.1, 0.15) is 11.9 Å². The fourth-order valence-corrected chi connectivity index (χ4v) is 3.38. The van der Waals surface area contributed by atoms with Crippen molar-refractivity contribution in [2.75, 3.05) is 43.7 Å². The smallest absolute Gasteiger partial charge is 0.326 e. The molecule has 0 radical (unpaired) electrons. The minimum atomic E-state index is -3.79. The highest BCUT2D eigenvalue weighted by Gasteiger charge is 2.23. The summed E-state index contributed by atoms with van der Waals surface area (Å²) in [4.78, 5) is 35.4. The molecule has 0 bridgehead atoms. The number of halogens is 1. The zero-order valence-corrected chi connectivity index (χ0v) is 19.9. The van der Waals surface area contributed by atoms with Crippen molar-refractivity contribution in [3.05, 3.63) is 29.6 Å². The summed E-state index contributed by atoms with van der Waals surface area (Å²) in [5.41, 5.74) is -0.394. The van der Waals surface area contributed by atoms with E-state index in [4.69, 9.17) is 10.2 Å². The van der Waals surface area contributed by atoms with Gasteiger partial charge >= 0.3 is 11.9 Å². The van der Waals surface area contributed by atoms with Crippen LogP contribution in [0.1, 0.15) is 23.2 Å². The third kappa shape index (κ3) is 11.4. The van der Waals surface area contributed by atoms with Crippen LogP contribution in [0.3, 0.4) is 0 Å². The van der Waals surface area contributed by atoms with E-state index < -0.39 is 56.4 Å². The van der Waals surface area contributed by atoms with Crippen LogP contribution in [0.5, 0.6) is 0 Å². The molecule has 0 spiro atoms. The molecule has 1 amide bonds. The van der Waals surface area contributed by atoms with Gasteiger partial charge in [0.15, 0.2) is 0 Å². The van der Waals surface area contributed by atoms with Gasteiger partial charge < -0.3 is 20.4 Å². The topological polar surface area (TPSA) is 194 Å². The first-order valence-electron chi connectivity index (χ1n) is 9.58. The van der Waals surface area contributed by atoms with Crippen LogP contribution in [-0.2, 0) is 38.2 Å². The number of nitrogens with zero attached hydrogens (tertiary/aromatic N) is 1. The molecule has 0 aliphatic carbocycles. The third-order valence-electron chi connectivity index (χ3n) is 4.12. The van der Waals surface area contributed by atoms with Gasteiger partial charge in [-0.15, -0.1) is 0 Å². The van der Waals surface area contributed by atoms with E-state index in [1.165, 1.54) is 4.90 Å². The van der Waals surface area contributed by atoms with E-state index >= 15 is 0 Å². The second-order valence-electron chi connectivity index (χ2n) is 7.00. The highest BCUT2D eigenvalue weighted by Crippen LogP contribution is 2.21. The molecule has 13 nitrogen and oxygen atoms in total. The van der Waals surface area contributed by atoms with Gasteiger partial charge in [0, 0.05) is 25.1 Å². The maximum atomic E-state index is 14.8. The van der Waals surface area contributed by atoms with Crippen LogP contribution in [0, 0.1) is 5.82 Å². The largest absolute Gasteiger partial charge is 0.481 e. The van der Waals surface area contributed by atoms with Gasteiger partial charge in [0.25, 0.3) is 26.1 Å². The number of hydrogen-bond donors (Lipinski definition) is 3. The van der Waals surface area contributed by atoms with E-state index in [2.05, 4.69) is 13.7 Å². The maximum absolute atomic E-state index is 14.8. The Morgan fingerprint density at radius 3 is 1.97 bits per heavy atom. The summed E-state index contributed by atoms with van der Waals surface area (Å²) in [7, 11) is -7.58. The Morgan fingerprint density at radius 2 is 1.56 bits per heavy atom. The second-order valence-corrected chi connectivity index (χ2v) is 10.3. The molecule has 0 aliphatic rings. The quantitative estimate of drug-likeness (QED) is 0.250. The summed E-state index contributed by atoms with van der Waals surface area (Å²) >= 11 is 0. The Kier molecular flexibility index (Phi) is 10.8. The first kappa shape index (κ1) is 29.2. The number of amides is 1. The zero-order valence-electron chi connectivity index (χ0n) is 18.3. The summed E-state index contributed by atoms with van der Waals surface area (Å²) in [5.74, 6) is -4.63. The second kappa shape index (κ2) is 12.6. The lowest BCUT2D eigenvalue weighted by atomic mass is 10.1. The van der Waals surface area contributed by atoms with Gasteiger partial charge in [-0.2, -0.15) is 16.8 Å². The number of carboxylic acids is 2. The molecule has 3 N–H and O–H groups in total. The van der Waals surface area contributed by atoms with E-state index in [0.717, 1.165) is 30.7 Å². The van der Waals surface area contributed by atoms with Crippen LogP contribution in [0.2, 0.25) is 0 Å². The fourth-order valence-electron chi connectivity index (χ4n) is 2.62. The van der Waals surface area contributed by atoms with Crippen molar-refractivity contribution in [1.82, 2.24) is 5.32 Å². The molecule has 1 aromatic rings. The molecule has 0 saturated carbocycles. The Balaban J connectivity index is 3.03. The van der Waals surface area contributed by atoms with Crippen molar-refractivity contribution in [1.29, 1.82) is 0 Å². The molecular weight excluding hydrogens is 503 g/mol. The van der Waals surface area contributed by atoms with Gasteiger partial charge in [-0.25, -0.2) is 9.18 Å².